The van der Waals surface area contributed by atoms with Crippen LogP contribution in [0.5, 0.6) is 5.75 Å². The lowest BCUT2D eigenvalue weighted by Crippen LogP contribution is -2.41. The SMILES string of the molecule is COCCNC(=O)CN(c1ccc(OC)cc1)S(C)(=O)=O. The van der Waals surface area contributed by atoms with E-state index in [1.54, 1.807) is 24.3 Å². The van der Waals surface area contributed by atoms with Gasteiger partial charge in [-0.1, -0.05) is 0 Å². The summed E-state index contributed by atoms with van der Waals surface area (Å²) in [5, 5.41) is 2.58. The van der Waals surface area contributed by atoms with E-state index in [0.29, 0.717) is 24.6 Å². The van der Waals surface area contributed by atoms with Gasteiger partial charge in [0.2, 0.25) is 15.9 Å². The largest absolute Gasteiger partial charge is 0.497 e. The van der Waals surface area contributed by atoms with Crippen LogP contribution in [0.15, 0.2) is 24.3 Å². The molecule has 0 spiro atoms. The highest BCUT2D eigenvalue weighted by molar-refractivity contribution is 7.92. The fourth-order valence-corrected chi connectivity index (χ4v) is 2.48. The van der Waals surface area contributed by atoms with Gasteiger partial charge in [-0.2, -0.15) is 0 Å². The van der Waals surface area contributed by atoms with Crippen molar-refractivity contribution in [3.05, 3.63) is 24.3 Å². The van der Waals surface area contributed by atoms with Crippen LogP contribution in [0.25, 0.3) is 0 Å². The molecule has 0 aliphatic carbocycles. The first-order valence-corrected chi connectivity index (χ1v) is 8.10. The number of rotatable bonds is 8. The second-order valence-corrected chi connectivity index (χ2v) is 6.22. The Hall–Kier alpha value is -1.80. The second kappa shape index (κ2) is 7.84. The number of ether oxygens (including phenoxy) is 2. The topological polar surface area (TPSA) is 84.9 Å². The van der Waals surface area contributed by atoms with Crippen LogP contribution in [0.2, 0.25) is 0 Å². The Bertz CT molecular complexity index is 556. The number of hydrogen-bond acceptors (Lipinski definition) is 5. The van der Waals surface area contributed by atoms with Crippen molar-refractivity contribution in [2.24, 2.45) is 0 Å². The summed E-state index contributed by atoms with van der Waals surface area (Å²) >= 11 is 0. The van der Waals surface area contributed by atoms with Crippen LogP contribution in [0, 0.1) is 0 Å². The molecule has 7 nitrogen and oxygen atoms in total. The first-order chi connectivity index (χ1) is 9.88. The maximum absolute atomic E-state index is 11.8. The van der Waals surface area contributed by atoms with Gasteiger partial charge in [0.15, 0.2) is 0 Å². The average molecular weight is 316 g/mol. The smallest absolute Gasteiger partial charge is 0.240 e. The van der Waals surface area contributed by atoms with Gasteiger partial charge in [0.25, 0.3) is 0 Å². The molecule has 0 fully saturated rings. The molecule has 0 bridgehead atoms. The summed E-state index contributed by atoms with van der Waals surface area (Å²) in [7, 11) is -0.522. The zero-order valence-corrected chi connectivity index (χ0v) is 13.1. The normalized spacial score (nSPS) is 11.0. The van der Waals surface area contributed by atoms with Crippen LogP contribution in [-0.2, 0) is 19.6 Å². The Morgan fingerprint density at radius 2 is 1.86 bits per heavy atom. The molecule has 1 N–H and O–H groups in total. The van der Waals surface area contributed by atoms with Crippen LogP contribution in [0.1, 0.15) is 0 Å². The Morgan fingerprint density at radius 3 is 2.33 bits per heavy atom. The number of hydrogen-bond donors (Lipinski definition) is 1. The lowest BCUT2D eigenvalue weighted by molar-refractivity contribution is -0.119. The van der Waals surface area contributed by atoms with Crippen molar-refractivity contribution in [2.45, 2.75) is 0 Å². The van der Waals surface area contributed by atoms with Crippen molar-refractivity contribution >= 4 is 21.6 Å². The number of methoxy groups -OCH3 is 2. The van der Waals surface area contributed by atoms with E-state index in [4.69, 9.17) is 9.47 Å². The first-order valence-electron chi connectivity index (χ1n) is 6.26. The summed E-state index contributed by atoms with van der Waals surface area (Å²) in [6, 6.07) is 6.44. The molecule has 0 saturated heterocycles. The Labute approximate surface area is 124 Å². The zero-order chi connectivity index (χ0) is 15.9. The number of carbonyl (C=O) groups is 1. The van der Waals surface area contributed by atoms with Crippen molar-refractivity contribution in [1.29, 1.82) is 0 Å². The number of benzene rings is 1. The Kier molecular flexibility index (Phi) is 6.44. The van der Waals surface area contributed by atoms with E-state index < -0.39 is 15.9 Å². The summed E-state index contributed by atoms with van der Waals surface area (Å²) in [5.41, 5.74) is 0.403. The summed E-state index contributed by atoms with van der Waals surface area (Å²) in [5.74, 6) is 0.213. The fourth-order valence-electron chi connectivity index (χ4n) is 1.63. The molecule has 0 unspecified atom stereocenters. The molecule has 0 aliphatic heterocycles. The summed E-state index contributed by atoms with van der Waals surface area (Å²) in [6.07, 6.45) is 1.06. The summed E-state index contributed by atoms with van der Waals surface area (Å²) in [4.78, 5) is 11.8. The molecule has 0 radical (unpaired) electrons. The molecule has 0 aromatic heterocycles. The van der Waals surface area contributed by atoms with Gasteiger partial charge in [0, 0.05) is 13.7 Å². The first kappa shape index (κ1) is 17.3. The predicted octanol–water partition coefficient (Wildman–Crippen LogP) is 0.224. The second-order valence-electron chi connectivity index (χ2n) is 4.31. The molecule has 1 aromatic carbocycles. The number of sulfonamides is 1. The molecule has 118 valence electrons. The van der Waals surface area contributed by atoms with Gasteiger partial charge in [-0.15, -0.1) is 0 Å². The van der Waals surface area contributed by atoms with Crippen LogP contribution >= 0.6 is 0 Å². The number of nitrogens with one attached hydrogen (secondary N) is 1. The molecule has 0 heterocycles. The summed E-state index contributed by atoms with van der Waals surface area (Å²) < 4.78 is 34.6. The molecule has 8 heteroatoms. The van der Waals surface area contributed by atoms with E-state index in [-0.39, 0.29) is 6.54 Å². The molecule has 21 heavy (non-hydrogen) atoms. The van der Waals surface area contributed by atoms with Crippen molar-refractivity contribution < 1.29 is 22.7 Å². The number of amides is 1. The molecule has 1 aromatic rings. The molecule has 0 aliphatic rings. The van der Waals surface area contributed by atoms with Crippen LogP contribution < -0.4 is 14.4 Å². The zero-order valence-electron chi connectivity index (χ0n) is 12.3. The molecular weight excluding hydrogens is 296 g/mol. The van der Waals surface area contributed by atoms with E-state index in [2.05, 4.69) is 5.32 Å². The van der Waals surface area contributed by atoms with Crippen LogP contribution in [0.4, 0.5) is 5.69 Å². The van der Waals surface area contributed by atoms with Gasteiger partial charge in [-0.25, -0.2) is 8.42 Å². The van der Waals surface area contributed by atoms with Crippen molar-refractivity contribution in [2.75, 3.05) is 44.5 Å². The standard InChI is InChI=1S/C13H20N2O5S/c1-19-9-8-14-13(16)10-15(21(3,17)18)11-4-6-12(20-2)7-5-11/h4-7H,8-10H2,1-3H3,(H,14,16). The third-order valence-electron chi connectivity index (χ3n) is 2.68. The van der Waals surface area contributed by atoms with E-state index in [1.165, 1.54) is 14.2 Å². The van der Waals surface area contributed by atoms with Gasteiger partial charge in [-0.05, 0) is 24.3 Å². The maximum Gasteiger partial charge on any atom is 0.240 e. The number of nitrogens with zero attached hydrogens (tertiary/aromatic N) is 1. The Morgan fingerprint density at radius 1 is 1.24 bits per heavy atom. The van der Waals surface area contributed by atoms with Gasteiger partial charge in [-0.3, -0.25) is 9.10 Å². The van der Waals surface area contributed by atoms with Gasteiger partial charge < -0.3 is 14.8 Å². The monoisotopic (exact) mass is 316 g/mol. The van der Waals surface area contributed by atoms with Gasteiger partial charge in [0.05, 0.1) is 25.7 Å². The predicted molar refractivity (Wildman–Crippen MR) is 80.1 cm³/mol. The van der Waals surface area contributed by atoms with E-state index in [9.17, 15) is 13.2 Å². The quantitative estimate of drug-likeness (QED) is 0.694. The van der Waals surface area contributed by atoms with E-state index >= 15 is 0 Å². The Balaban J connectivity index is 2.83. The minimum absolute atomic E-state index is 0.283. The third-order valence-corrected chi connectivity index (χ3v) is 3.82. The highest BCUT2D eigenvalue weighted by atomic mass is 32.2. The van der Waals surface area contributed by atoms with E-state index in [0.717, 1.165) is 10.6 Å². The molecule has 0 atom stereocenters. The van der Waals surface area contributed by atoms with Crippen LogP contribution in [-0.4, -0.2) is 54.5 Å². The van der Waals surface area contributed by atoms with E-state index in [1.807, 2.05) is 0 Å². The van der Waals surface area contributed by atoms with Crippen molar-refractivity contribution in [1.82, 2.24) is 5.32 Å². The maximum atomic E-state index is 11.8. The highest BCUT2D eigenvalue weighted by Gasteiger charge is 2.20. The lowest BCUT2D eigenvalue weighted by Gasteiger charge is -2.22. The summed E-state index contributed by atoms with van der Waals surface area (Å²) in [6.45, 7) is 0.414. The molecule has 1 amide bonds. The fraction of sp³-hybridized carbons (Fsp3) is 0.462. The molecule has 1 rings (SSSR count). The van der Waals surface area contributed by atoms with Crippen LogP contribution in [0.3, 0.4) is 0 Å². The minimum atomic E-state index is -3.56. The minimum Gasteiger partial charge on any atom is -0.497 e. The lowest BCUT2D eigenvalue weighted by atomic mass is 10.3. The molecular formula is C13H20N2O5S. The highest BCUT2D eigenvalue weighted by Crippen LogP contribution is 2.21. The number of anilines is 1. The van der Waals surface area contributed by atoms with Crippen molar-refractivity contribution in [3.8, 4) is 5.75 Å². The van der Waals surface area contributed by atoms with Gasteiger partial charge in [0.1, 0.15) is 12.3 Å². The average Bonchev–Trinajstić information content (AvgIpc) is 2.44. The number of carbonyl (C=O) groups excluding carboxylic acids is 1. The van der Waals surface area contributed by atoms with Gasteiger partial charge >= 0.3 is 0 Å². The van der Waals surface area contributed by atoms with Crippen molar-refractivity contribution in [3.63, 3.8) is 0 Å². The molecule has 0 saturated carbocycles. The third kappa shape index (κ3) is 5.60.